The highest BCUT2D eigenvalue weighted by Crippen LogP contribution is 2.35. The Morgan fingerprint density at radius 2 is 1.86 bits per heavy atom. The summed E-state index contributed by atoms with van der Waals surface area (Å²) in [5.74, 6) is 0.406. The third-order valence-corrected chi connectivity index (χ3v) is 3.51. The zero-order valence-electron chi connectivity index (χ0n) is 11.0. The molecule has 1 atom stereocenters. The van der Waals surface area contributed by atoms with Crippen molar-refractivity contribution in [3.05, 3.63) is 63.6 Å². The predicted molar refractivity (Wildman–Crippen MR) is 76.2 cm³/mol. The molecule has 0 radical (unpaired) electrons. The van der Waals surface area contributed by atoms with E-state index in [0.717, 1.165) is 12.1 Å². The van der Waals surface area contributed by atoms with Gasteiger partial charge in [-0.25, -0.2) is 0 Å². The average molecular weight is 361 g/mol. The summed E-state index contributed by atoms with van der Waals surface area (Å²) in [5, 5.41) is 10.4. The van der Waals surface area contributed by atoms with Crippen LogP contribution in [0.25, 0.3) is 0 Å². The number of aliphatic hydroxyl groups excluding tert-OH is 1. The van der Waals surface area contributed by atoms with Crippen molar-refractivity contribution >= 4 is 15.9 Å². The number of alkyl halides is 3. The van der Waals surface area contributed by atoms with Crippen LogP contribution in [-0.2, 0) is 6.18 Å². The van der Waals surface area contributed by atoms with Crippen LogP contribution in [0.1, 0.15) is 22.8 Å². The zero-order valence-corrected chi connectivity index (χ0v) is 12.6. The van der Waals surface area contributed by atoms with Crippen molar-refractivity contribution in [2.45, 2.75) is 12.3 Å². The van der Waals surface area contributed by atoms with Gasteiger partial charge in [0.1, 0.15) is 11.9 Å². The molecule has 0 spiro atoms. The van der Waals surface area contributed by atoms with Crippen LogP contribution in [0.5, 0.6) is 5.75 Å². The molecule has 0 aliphatic heterocycles. The first-order valence-corrected chi connectivity index (χ1v) is 6.81. The fourth-order valence-corrected chi connectivity index (χ4v) is 2.36. The predicted octanol–water partition coefficient (Wildman–Crippen LogP) is 4.56. The molecule has 0 saturated heterocycles. The molecule has 0 amide bonds. The van der Waals surface area contributed by atoms with E-state index in [-0.39, 0.29) is 5.56 Å². The average Bonchev–Trinajstić information content (AvgIpc) is 2.45. The molecular formula is C15H12BrF3O2. The molecule has 0 fully saturated rings. The lowest BCUT2D eigenvalue weighted by atomic mass is 9.99. The molecule has 0 bridgehead atoms. The highest BCUT2D eigenvalue weighted by molar-refractivity contribution is 9.10. The van der Waals surface area contributed by atoms with Gasteiger partial charge in [-0.15, -0.1) is 0 Å². The van der Waals surface area contributed by atoms with Crippen molar-refractivity contribution in [3.63, 3.8) is 0 Å². The maximum atomic E-state index is 12.7. The van der Waals surface area contributed by atoms with Crippen LogP contribution in [0.4, 0.5) is 13.2 Å². The van der Waals surface area contributed by atoms with E-state index in [9.17, 15) is 18.3 Å². The van der Waals surface area contributed by atoms with Crippen molar-refractivity contribution in [2.24, 2.45) is 0 Å². The molecule has 2 aromatic rings. The molecule has 1 N–H and O–H groups in total. The van der Waals surface area contributed by atoms with Gasteiger partial charge in [-0.3, -0.25) is 0 Å². The highest BCUT2D eigenvalue weighted by atomic mass is 79.9. The van der Waals surface area contributed by atoms with Crippen LogP contribution in [0.15, 0.2) is 46.9 Å². The van der Waals surface area contributed by atoms with E-state index in [0.29, 0.717) is 15.8 Å². The van der Waals surface area contributed by atoms with Crippen molar-refractivity contribution in [3.8, 4) is 5.75 Å². The van der Waals surface area contributed by atoms with Crippen LogP contribution in [0, 0.1) is 0 Å². The number of rotatable bonds is 3. The molecule has 1 unspecified atom stereocenters. The van der Waals surface area contributed by atoms with Gasteiger partial charge in [-0.2, -0.15) is 13.2 Å². The van der Waals surface area contributed by atoms with Gasteiger partial charge in [0.25, 0.3) is 0 Å². The second-order valence-corrected chi connectivity index (χ2v) is 5.33. The number of ether oxygens (including phenoxy) is 1. The number of benzene rings is 2. The quantitative estimate of drug-likeness (QED) is 0.869. The van der Waals surface area contributed by atoms with Crippen LogP contribution in [-0.4, -0.2) is 12.2 Å². The van der Waals surface area contributed by atoms with Gasteiger partial charge in [-0.05, 0) is 35.9 Å². The Morgan fingerprint density at radius 3 is 2.48 bits per heavy atom. The van der Waals surface area contributed by atoms with Gasteiger partial charge in [-0.1, -0.05) is 28.1 Å². The first kappa shape index (κ1) is 15.9. The molecule has 6 heteroatoms. The van der Waals surface area contributed by atoms with Gasteiger partial charge in [0, 0.05) is 10.0 Å². The Labute approximate surface area is 128 Å². The van der Waals surface area contributed by atoms with Gasteiger partial charge in [0.15, 0.2) is 0 Å². The lowest BCUT2D eigenvalue weighted by molar-refractivity contribution is -0.137. The number of halogens is 4. The summed E-state index contributed by atoms with van der Waals surface area (Å²) >= 11 is 3.27. The van der Waals surface area contributed by atoms with E-state index in [1.807, 2.05) is 0 Å². The fourth-order valence-electron chi connectivity index (χ4n) is 1.98. The molecule has 2 rings (SSSR count). The maximum absolute atomic E-state index is 12.7. The highest BCUT2D eigenvalue weighted by Gasteiger charge is 2.31. The van der Waals surface area contributed by atoms with E-state index < -0.39 is 17.8 Å². The van der Waals surface area contributed by atoms with Gasteiger partial charge in [0.05, 0.1) is 12.7 Å². The van der Waals surface area contributed by atoms with E-state index in [1.165, 1.54) is 19.2 Å². The Bertz CT molecular complexity index is 641. The topological polar surface area (TPSA) is 29.5 Å². The molecule has 0 aromatic heterocycles. The minimum atomic E-state index is -4.45. The first-order valence-electron chi connectivity index (χ1n) is 6.01. The number of methoxy groups -OCH3 is 1. The van der Waals surface area contributed by atoms with E-state index >= 15 is 0 Å². The SMILES string of the molecule is COc1ccc(Br)cc1C(O)c1cccc(C(F)(F)F)c1. The number of hydrogen-bond acceptors (Lipinski definition) is 2. The largest absolute Gasteiger partial charge is 0.496 e. The van der Waals surface area contributed by atoms with Crippen LogP contribution in [0.3, 0.4) is 0 Å². The second kappa shape index (κ2) is 6.07. The monoisotopic (exact) mass is 360 g/mol. The third kappa shape index (κ3) is 3.57. The molecule has 0 aliphatic carbocycles. The zero-order chi connectivity index (χ0) is 15.6. The summed E-state index contributed by atoms with van der Waals surface area (Å²) in [7, 11) is 1.44. The molecule has 0 aliphatic rings. The molecule has 2 aromatic carbocycles. The van der Waals surface area contributed by atoms with Crippen LogP contribution >= 0.6 is 15.9 Å². The summed E-state index contributed by atoms with van der Waals surface area (Å²) in [4.78, 5) is 0. The smallest absolute Gasteiger partial charge is 0.416 e. The van der Waals surface area contributed by atoms with Crippen molar-refractivity contribution in [1.29, 1.82) is 0 Å². The van der Waals surface area contributed by atoms with Crippen LogP contribution in [0.2, 0.25) is 0 Å². The summed E-state index contributed by atoms with van der Waals surface area (Å²) in [6, 6.07) is 9.59. The summed E-state index contributed by atoms with van der Waals surface area (Å²) in [5.41, 5.74) is -0.250. The van der Waals surface area contributed by atoms with Crippen molar-refractivity contribution < 1.29 is 23.0 Å². The molecule has 2 nitrogen and oxygen atoms in total. The minimum Gasteiger partial charge on any atom is -0.496 e. The second-order valence-electron chi connectivity index (χ2n) is 4.41. The Hall–Kier alpha value is -1.53. The normalized spacial score (nSPS) is 13.0. The lowest BCUT2D eigenvalue weighted by Gasteiger charge is -2.17. The summed E-state index contributed by atoms with van der Waals surface area (Å²) < 4.78 is 44.0. The molecular weight excluding hydrogens is 349 g/mol. The van der Waals surface area contributed by atoms with Gasteiger partial charge in [0.2, 0.25) is 0 Å². The molecule has 112 valence electrons. The number of aliphatic hydroxyl groups is 1. The molecule has 0 saturated carbocycles. The van der Waals surface area contributed by atoms with E-state index in [4.69, 9.17) is 4.74 Å². The van der Waals surface area contributed by atoms with E-state index in [2.05, 4.69) is 15.9 Å². The summed E-state index contributed by atoms with van der Waals surface area (Å²) in [6.45, 7) is 0. The lowest BCUT2D eigenvalue weighted by Crippen LogP contribution is -2.08. The number of hydrogen-bond donors (Lipinski definition) is 1. The Kier molecular flexibility index (Phi) is 4.58. The van der Waals surface area contributed by atoms with E-state index in [1.54, 1.807) is 18.2 Å². The Morgan fingerprint density at radius 1 is 1.14 bits per heavy atom. The van der Waals surface area contributed by atoms with Gasteiger partial charge < -0.3 is 9.84 Å². The minimum absolute atomic E-state index is 0.154. The standard InChI is InChI=1S/C15H12BrF3O2/c1-21-13-6-5-11(16)8-12(13)14(20)9-3-2-4-10(7-9)15(17,18)19/h2-8,14,20H,1H3. The van der Waals surface area contributed by atoms with Crippen LogP contribution < -0.4 is 4.74 Å². The fraction of sp³-hybridized carbons (Fsp3) is 0.200. The molecule has 0 heterocycles. The molecule has 21 heavy (non-hydrogen) atoms. The summed E-state index contributed by atoms with van der Waals surface area (Å²) in [6.07, 6.45) is -5.66. The van der Waals surface area contributed by atoms with Gasteiger partial charge >= 0.3 is 6.18 Å². The van der Waals surface area contributed by atoms with Crippen molar-refractivity contribution in [1.82, 2.24) is 0 Å². The third-order valence-electron chi connectivity index (χ3n) is 3.02. The van der Waals surface area contributed by atoms with Crippen molar-refractivity contribution in [2.75, 3.05) is 7.11 Å². The Balaban J connectivity index is 2.45. The first-order chi connectivity index (χ1) is 9.82. The maximum Gasteiger partial charge on any atom is 0.416 e.